The third kappa shape index (κ3) is 10.3. The zero-order chi connectivity index (χ0) is 43.2. The second-order valence-corrected chi connectivity index (χ2v) is 16.1. The molecule has 3 amide bonds. The van der Waals surface area contributed by atoms with E-state index in [9.17, 15) is 45.4 Å². The summed E-state index contributed by atoms with van der Waals surface area (Å²) in [5, 5.41) is 46.8. The molecule has 1 saturated heterocycles. The summed E-state index contributed by atoms with van der Waals surface area (Å²) in [4.78, 5) is 39.9. The average molecular weight is 902 g/mol. The number of aromatic hydroxyl groups is 1. The van der Waals surface area contributed by atoms with Crippen LogP contribution in [0.25, 0.3) is 11.8 Å². The molecule has 3 aromatic rings. The Morgan fingerprint density at radius 2 is 1.58 bits per heavy atom. The number of likely N-dealkylation sites (tertiary alicyclic amines) is 1. The summed E-state index contributed by atoms with van der Waals surface area (Å²) >= 11 is 0.812. The summed E-state index contributed by atoms with van der Waals surface area (Å²) in [5.41, 5.74) is 3.81. The zero-order valence-corrected chi connectivity index (χ0v) is 33.3. The van der Waals surface area contributed by atoms with Crippen molar-refractivity contribution in [2.45, 2.75) is 45.6 Å². The van der Waals surface area contributed by atoms with Gasteiger partial charge in [0.25, 0.3) is 32.1 Å². The van der Waals surface area contributed by atoms with Gasteiger partial charge in [-0.3, -0.25) is 29.2 Å². The molecule has 316 valence electrons. The lowest BCUT2D eigenvalue weighted by Gasteiger charge is -2.17. The quantitative estimate of drug-likeness (QED) is 0.0206. The Bertz CT molecular complexity index is 2500. The van der Waals surface area contributed by atoms with Crippen molar-refractivity contribution in [2.75, 3.05) is 18.6 Å². The van der Waals surface area contributed by atoms with Crippen LogP contribution in [0.1, 0.15) is 35.8 Å². The Morgan fingerprint density at radius 3 is 2.10 bits per heavy atom. The molecule has 1 aromatic heterocycles. The lowest BCUT2D eigenvalue weighted by molar-refractivity contribution is -0.432. The summed E-state index contributed by atoms with van der Waals surface area (Å²) in [7, 11) is -8.71. The first-order valence-corrected chi connectivity index (χ1v) is 20.6. The number of nitrogens with zero attached hydrogens (tertiary/aromatic N) is 5. The Morgan fingerprint density at radius 1 is 0.983 bits per heavy atom. The normalized spacial score (nSPS) is 16.4. The number of ether oxygens (including phenoxy) is 1. The van der Waals surface area contributed by atoms with Crippen LogP contribution in [0.4, 0.5) is 5.69 Å². The number of carbonyl (C=O) groups is 3. The van der Waals surface area contributed by atoms with Crippen LogP contribution in [0.5, 0.6) is 5.88 Å². The van der Waals surface area contributed by atoms with Gasteiger partial charge in [0.15, 0.2) is 5.69 Å². The van der Waals surface area contributed by atoms with Crippen LogP contribution >= 0.6 is 24.1 Å². The number of benzene rings is 2. The Kier molecular flexibility index (Phi) is 14.3. The fourth-order valence-electron chi connectivity index (χ4n) is 5.46. The van der Waals surface area contributed by atoms with Crippen molar-refractivity contribution in [3.63, 3.8) is 0 Å². The van der Waals surface area contributed by atoms with Crippen molar-refractivity contribution in [2.24, 2.45) is 10.8 Å². The average Bonchev–Trinajstić information content (AvgIpc) is 3.85. The van der Waals surface area contributed by atoms with E-state index in [1.165, 1.54) is 31.0 Å². The Labute approximate surface area is 341 Å². The molecule has 0 bridgehead atoms. The lowest BCUT2D eigenvalue weighted by Crippen LogP contribution is -2.26. The van der Waals surface area contributed by atoms with E-state index in [1.54, 1.807) is 0 Å². The van der Waals surface area contributed by atoms with Gasteiger partial charge in [-0.05, 0) is 74.0 Å². The zero-order valence-electron chi connectivity index (χ0n) is 30.1. The SMILES string of the molecule is CNC(=O)c1nn(-c2cc(SOOO)ccc2S(=O)(=O)O)c(O)c1C=CC(=C/C=C1\C(=O)N(c2cc(SOOO)ccc2S(=O)(=O)O)N=C1OC(C)N)N1CCCC1=O. The first-order valence-electron chi connectivity index (χ1n) is 16.2. The van der Waals surface area contributed by atoms with Crippen LogP contribution in [0.15, 0.2) is 90.6 Å². The van der Waals surface area contributed by atoms with Gasteiger partial charge in [0, 0.05) is 35.5 Å². The predicted octanol–water partition coefficient (Wildman–Crippen LogP) is 2.42. The molecule has 28 heteroatoms. The molecule has 24 nitrogen and oxygen atoms in total. The maximum Gasteiger partial charge on any atom is 0.296 e. The summed E-state index contributed by atoms with van der Waals surface area (Å²) in [5.74, 6) is -3.49. The molecular formula is C31H31N7O17S4. The fraction of sp³-hybridized carbons (Fsp3) is 0.194. The van der Waals surface area contributed by atoms with Gasteiger partial charge < -0.3 is 20.1 Å². The number of hydrogen-bond acceptors (Lipinski definition) is 20. The number of rotatable bonds is 16. The lowest BCUT2D eigenvalue weighted by atomic mass is 10.1. The number of carbonyl (C=O) groups excluding carboxylic acids is 3. The molecule has 2 aliphatic rings. The standard InChI is InChI=1S/C31H31N7O17S4/c1-16(32)51-29-21(31(42)38(35-29)23-15-19(57-55-53-44)8-12-25(23)59(48,49)50)10-6-17(36-13-3-4-26(36)39)5-9-20-27(28(40)33-2)34-37(30(20)41)22-14-18(56-54-52-43)7-11-24(22)58(45,46)47/h5-12,14-16,41,43-44H,3-4,13,32H2,1-2H3,(H,33,40)(H,45,46,47)(H,48,49,50)/b9-5?,17-6?,21-10-. The first-order chi connectivity index (χ1) is 27.9. The van der Waals surface area contributed by atoms with Gasteiger partial charge in [-0.2, -0.15) is 31.6 Å². The van der Waals surface area contributed by atoms with E-state index < -0.39 is 76.9 Å². The Balaban J connectivity index is 1.65. The van der Waals surface area contributed by atoms with Crippen molar-refractivity contribution < 1.29 is 79.4 Å². The van der Waals surface area contributed by atoms with Crippen molar-refractivity contribution in [1.29, 1.82) is 0 Å². The van der Waals surface area contributed by atoms with Gasteiger partial charge in [0.05, 0.1) is 41.0 Å². The minimum Gasteiger partial charge on any atom is -0.493 e. The van der Waals surface area contributed by atoms with E-state index in [0.717, 1.165) is 48.6 Å². The van der Waals surface area contributed by atoms with E-state index in [4.69, 9.17) is 21.0 Å². The van der Waals surface area contributed by atoms with Crippen LogP contribution < -0.4 is 16.1 Å². The molecule has 2 aromatic carbocycles. The van der Waals surface area contributed by atoms with Crippen LogP contribution in [-0.4, -0.2) is 99.7 Å². The number of hydrogen-bond donors (Lipinski definition) is 7. The van der Waals surface area contributed by atoms with Crippen LogP contribution in [0.2, 0.25) is 0 Å². The smallest absolute Gasteiger partial charge is 0.296 e. The van der Waals surface area contributed by atoms with Crippen LogP contribution in [0, 0.1) is 0 Å². The molecule has 1 atom stereocenters. The number of nitrogens with two attached hydrogens (primary N) is 1. The van der Waals surface area contributed by atoms with E-state index >= 15 is 0 Å². The molecule has 2 aliphatic heterocycles. The van der Waals surface area contributed by atoms with Crippen molar-refractivity contribution >= 4 is 79.7 Å². The molecule has 1 fully saturated rings. The van der Waals surface area contributed by atoms with Gasteiger partial charge >= 0.3 is 0 Å². The second-order valence-electron chi connectivity index (χ2n) is 11.7. The topological polar surface area (TPSA) is 341 Å². The fourth-order valence-corrected chi connectivity index (χ4v) is 7.55. The summed E-state index contributed by atoms with van der Waals surface area (Å²) in [6.07, 6.45) is 4.30. The molecule has 1 unspecified atom stereocenters. The monoisotopic (exact) mass is 901 g/mol. The van der Waals surface area contributed by atoms with Crippen LogP contribution in [0.3, 0.4) is 0 Å². The predicted molar refractivity (Wildman–Crippen MR) is 202 cm³/mol. The van der Waals surface area contributed by atoms with Crippen molar-refractivity contribution in [3.05, 3.63) is 77.2 Å². The molecule has 0 aliphatic carbocycles. The third-order valence-electron chi connectivity index (χ3n) is 7.90. The van der Waals surface area contributed by atoms with Crippen molar-refractivity contribution in [1.82, 2.24) is 20.0 Å². The van der Waals surface area contributed by atoms with Gasteiger partial charge in [0.1, 0.15) is 21.6 Å². The van der Waals surface area contributed by atoms with Gasteiger partial charge in [-0.15, -0.1) is 13.8 Å². The minimum atomic E-state index is -4.98. The largest absolute Gasteiger partial charge is 0.493 e. The number of aromatic nitrogens is 2. The highest BCUT2D eigenvalue weighted by Crippen LogP contribution is 2.36. The summed E-state index contributed by atoms with van der Waals surface area (Å²) < 4.78 is 84.1. The van der Waals surface area contributed by atoms with E-state index in [1.807, 2.05) is 0 Å². The maximum atomic E-state index is 13.9. The molecule has 8 N–H and O–H groups in total. The van der Waals surface area contributed by atoms with E-state index in [-0.39, 0.29) is 45.5 Å². The van der Waals surface area contributed by atoms with Gasteiger partial charge in [-0.25, -0.2) is 10.5 Å². The Hall–Kier alpha value is -5.21. The van der Waals surface area contributed by atoms with E-state index in [2.05, 4.69) is 34.3 Å². The molecule has 0 saturated carbocycles. The summed E-state index contributed by atoms with van der Waals surface area (Å²) in [6.45, 7) is 1.57. The number of anilines is 1. The highest BCUT2D eigenvalue weighted by Gasteiger charge is 2.36. The molecular weight excluding hydrogens is 871 g/mol. The minimum absolute atomic E-state index is 0.0535. The number of hydrazone groups is 1. The van der Waals surface area contributed by atoms with Crippen LogP contribution in [-0.2, 0) is 53.3 Å². The molecule has 0 spiro atoms. The third-order valence-corrected chi connectivity index (χ3v) is 10.9. The van der Waals surface area contributed by atoms with Gasteiger partial charge in [0.2, 0.25) is 17.7 Å². The van der Waals surface area contributed by atoms with Gasteiger partial charge in [-0.1, -0.05) is 10.1 Å². The first kappa shape index (κ1) is 44.9. The number of nitrogens with one attached hydrogen (secondary N) is 1. The number of amides is 3. The summed E-state index contributed by atoms with van der Waals surface area (Å²) in [6, 6.07) is 6.31. The van der Waals surface area contributed by atoms with E-state index in [0.29, 0.717) is 40.2 Å². The number of allylic oxidation sites excluding steroid dienone is 3. The molecule has 0 radical (unpaired) electrons. The highest BCUT2D eigenvalue weighted by atomic mass is 32.2. The second kappa shape index (κ2) is 18.8. The van der Waals surface area contributed by atoms with Crippen molar-refractivity contribution in [3.8, 4) is 11.6 Å². The molecule has 59 heavy (non-hydrogen) atoms. The maximum absolute atomic E-state index is 13.9. The molecule has 3 heterocycles. The molecule has 5 rings (SSSR count). The highest BCUT2D eigenvalue weighted by molar-refractivity contribution is 7.94.